The van der Waals surface area contributed by atoms with Crippen molar-refractivity contribution in [2.24, 2.45) is 0 Å². The summed E-state index contributed by atoms with van der Waals surface area (Å²) in [6, 6.07) is 39.8. The zero-order chi connectivity index (χ0) is 25.5. The molecule has 1 amide bonds. The zero-order valence-electron chi connectivity index (χ0n) is 20.8. The summed E-state index contributed by atoms with van der Waals surface area (Å²) < 4.78 is 7.16. The van der Waals surface area contributed by atoms with E-state index in [0.717, 1.165) is 29.0 Å². The van der Waals surface area contributed by atoms with Gasteiger partial charge in [-0.15, -0.1) is 0 Å². The fourth-order valence-electron chi connectivity index (χ4n) is 4.35. The highest BCUT2D eigenvalue weighted by molar-refractivity contribution is 5.94. The number of para-hydroxylation sites is 1. The molecule has 4 aromatic carbocycles. The van der Waals surface area contributed by atoms with Crippen LogP contribution in [0.1, 0.15) is 21.6 Å². The molecule has 0 atom stereocenters. The van der Waals surface area contributed by atoms with Gasteiger partial charge in [0.25, 0.3) is 5.91 Å². The molecular weight excluding hydrogens is 458 g/mol. The van der Waals surface area contributed by atoms with Crippen LogP contribution in [0.5, 0.6) is 5.75 Å². The molecule has 5 rings (SSSR count). The third-order valence-corrected chi connectivity index (χ3v) is 6.31. The van der Waals surface area contributed by atoms with Crippen molar-refractivity contribution in [1.29, 1.82) is 0 Å². The van der Waals surface area contributed by atoms with Gasteiger partial charge in [-0.3, -0.25) is 4.79 Å². The second kappa shape index (κ2) is 11.4. The molecule has 0 spiro atoms. The van der Waals surface area contributed by atoms with Gasteiger partial charge < -0.3 is 9.64 Å². The van der Waals surface area contributed by atoms with E-state index in [1.165, 1.54) is 5.56 Å². The highest BCUT2D eigenvalue weighted by Gasteiger charge is 2.23. The van der Waals surface area contributed by atoms with E-state index in [1.54, 1.807) is 11.8 Å². The molecule has 5 heteroatoms. The number of hydrogen-bond acceptors (Lipinski definition) is 3. The third kappa shape index (κ3) is 5.78. The topological polar surface area (TPSA) is 47.4 Å². The van der Waals surface area contributed by atoms with Crippen molar-refractivity contribution in [1.82, 2.24) is 14.7 Å². The number of rotatable bonds is 9. The predicted octanol–water partition coefficient (Wildman–Crippen LogP) is 6.43. The van der Waals surface area contributed by atoms with Crippen molar-refractivity contribution in [2.75, 3.05) is 13.7 Å². The van der Waals surface area contributed by atoms with E-state index < -0.39 is 0 Å². The van der Waals surface area contributed by atoms with Gasteiger partial charge in [-0.2, -0.15) is 5.10 Å². The number of carbonyl (C=O) groups excluding carboxylic acids is 1. The van der Waals surface area contributed by atoms with Gasteiger partial charge in [0.1, 0.15) is 11.4 Å². The lowest BCUT2D eigenvalue weighted by molar-refractivity contribution is 0.0736. The number of ether oxygens (including phenoxy) is 1. The molecule has 0 aliphatic carbocycles. The Labute approximate surface area is 217 Å². The summed E-state index contributed by atoms with van der Waals surface area (Å²) in [6.07, 6.45) is 0.766. The average molecular weight is 488 g/mol. The summed E-state index contributed by atoms with van der Waals surface area (Å²) in [4.78, 5) is 16.1. The SMILES string of the molecule is COc1cccc(-c2cc(C(=O)N(CCc3ccccc3)Cc3ccccc3)n(-c3ccccc3)n2)c1. The monoisotopic (exact) mass is 487 g/mol. The minimum Gasteiger partial charge on any atom is -0.497 e. The molecule has 5 aromatic rings. The average Bonchev–Trinajstić information content (AvgIpc) is 3.42. The first-order chi connectivity index (χ1) is 18.2. The van der Waals surface area contributed by atoms with Gasteiger partial charge in [-0.25, -0.2) is 4.68 Å². The van der Waals surface area contributed by atoms with Crippen LogP contribution in [0.4, 0.5) is 0 Å². The molecule has 0 bridgehead atoms. The quantitative estimate of drug-likeness (QED) is 0.241. The van der Waals surface area contributed by atoms with Gasteiger partial charge in [-0.1, -0.05) is 91.0 Å². The fraction of sp³-hybridized carbons (Fsp3) is 0.125. The van der Waals surface area contributed by atoms with Crippen molar-refractivity contribution >= 4 is 5.91 Å². The highest BCUT2D eigenvalue weighted by Crippen LogP contribution is 2.26. The Bertz CT molecular complexity index is 1450. The summed E-state index contributed by atoms with van der Waals surface area (Å²) in [5.74, 6) is 0.679. The minimum absolute atomic E-state index is 0.0646. The van der Waals surface area contributed by atoms with Gasteiger partial charge >= 0.3 is 0 Å². The minimum atomic E-state index is -0.0646. The summed E-state index contributed by atoms with van der Waals surface area (Å²) in [5.41, 5.74) is 5.25. The third-order valence-electron chi connectivity index (χ3n) is 6.31. The summed E-state index contributed by atoms with van der Waals surface area (Å²) in [7, 11) is 1.64. The van der Waals surface area contributed by atoms with Gasteiger partial charge in [0, 0.05) is 18.7 Å². The number of hydrogen-bond donors (Lipinski definition) is 0. The second-order valence-corrected chi connectivity index (χ2v) is 8.84. The lowest BCUT2D eigenvalue weighted by Gasteiger charge is -2.23. The Kier molecular flexibility index (Phi) is 7.42. The molecule has 0 saturated carbocycles. The first-order valence-electron chi connectivity index (χ1n) is 12.4. The molecule has 0 radical (unpaired) electrons. The molecule has 184 valence electrons. The van der Waals surface area contributed by atoms with Crippen molar-refractivity contribution < 1.29 is 9.53 Å². The second-order valence-electron chi connectivity index (χ2n) is 8.84. The van der Waals surface area contributed by atoms with E-state index in [0.29, 0.717) is 24.5 Å². The standard InChI is InChI=1S/C32H29N3O2/c1-37-29-19-11-16-27(22-29)30-23-31(35(33-30)28-17-9-4-10-18-28)32(36)34(24-26-14-7-3-8-15-26)21-20-25-12-5-2-6-13-25/h2-19,22-23H,20-21,24H2,1H3. The number of benzene rings is 4. The molecular formula is C32H29N3O2. The van der Waals surface area contributed by atoms with Crippen LogP contribution in [0, 0.1) is 0 Å². The van der Waals surface area contributed by atoms with Crippen molar-refractivity contribution in [2.45, 2.75) is 13.0 Å². The maximum atomic E-state index is 14.2. The van der Waals surface area contributed by atoms with E-state index in [-0.39, 0.29) is 5.91 Å². The molecule has 0 fully saturated rings. The van der Waals surface area contributed by atoms with Crippen molar-refractivity contribution in [3.63, 3.8) is 0 Å². The molecule has 1 aromatic heterocycles. The van der Waals surface area contributed by atoms with Gasteiger partial charge in [0.05, 0.1) is 18.5 Å². The van der Waals surface area contributed by atoms with Crippen LogP contribution in [0.15, 0.2) is 121 Å². The van der Waals surface area contributed by atoms with E-state index in [9.17, 15) is 4.79 Å². The van der Waals surface area contributed by atoms with E-state index in [4.69, 9.17) is 9.84 Å². The Morgan fingerprint density at radius 1 is 0.784 bits per heavy atom. The van der Waals surface area contributed by atoms with E-state index in [2.05, 4.69) is 24.3 Å². The number of nitrogens with zero attached hydrogens (tertiary/aromatic N) is 3. The van der Waals surface area contributed by atoms with Crippen LogP contribution >= 0.6 is 0 Å². The van der Waals surface area contributed by atoms with Crippen LogP contribution in [-0.4, -0.2) is 34.2 Å². The van der Waals surface area contributed by atoms with Crippen LogP contribution in [0.2, 0.25) is 0 Å². The first kappa shape index (κ1) is 24.1. The normalized spacial score (nSPS) is 10.7. The van der Waals surface area contributed by atoms with Gasteiger partial charge in [-0.05, 0) is 47.9 Å². The summed E-state index contributed by atoms with van der Waals surface area (Å²) >= 11 is 0. The Balaban J connectivity index is 1.53. The van der Waals surface area contributed by atoms with E-state index in [1.807, 2.05) is 102 Å². The molecule has 0 saturated heterocycles. The summed E-state index contributed by atoms with van der Waals surface area (Å²) in [5, 5.41) is 4.87. The molecule has 0 N–H and O–H groups in total. The Morgan fingerprint density at radius 3 is 2.11 bits per heavy atom. The maximum Gasteiger partial charge on any atom is 0.272 e. The van der Waals surface area contributed by atoms with Crippen LogP contribution < -0.4 is 4.74 Å². The number of amides is 1. The Morgan fingerprint density at radius 2 is 1.43 bits per heavy atom. The first-order valence-corrected chi connectivity index (χ1v) is 12.4. The fourth-order valence-corrected chi connectivity index (χ4v) is 4.35. The van der Waals surface area contributed by atoms with Gasteiger partial charge in [0.15, 0.2) is 0 Å². The van der Waals surface area contributed by atoms with Crippen LogP contribution in [0.25, 0.3) is 16.9 Å². The van der Waals surface area contributed by atoms with Crippen LogP contribution in [-0.2, 0) is 13.0 Å². The Hall–Kier alpha value is -4.64. The van der Waals surface area contributed by atoms with Crippen LogP contribution in [0.3, 0.4) is 0 Å². The molecule has 1 heterocycles. The molecule has 0 unspecified atom stereocenters. The van der Waals surface area contributed by atoms with Gasteiger partial charge in [0.2, 0.25) is 0 Å². The lowest BCUT2D eigenvalue weighted by atomic mass is 10.1. The maximum absolute atomic E-state index is 14.2. The highest BCUT2D eigenvalue weighted by atomic mass is 16.5. The van der Waals surface area contributed by atoms with Crippen molar-refractivity contribution in [3.8, 4) is 22.7 Å². The summed E-state index contributed by atoms with van der Waals surface area (Å²) in [6.45, 7) is 1.10. The zero-order valence-corrected chi connectivity index (χ0v) is 20.8. The molecule has 37 heavy (non-hydrogen) atoms. The predicted molar refractivity (Wildman–Crippen MR) is 147 cm³/mol. The molecule has 0 aliphatic rings. The van der Waals surface area contributed by atoms with E-state index >= 15 is 0 Å². The smallest absolute Gasteiger partial charge is 0.272 e. The number of aromatic nitrogens is 2. The van der Waals surface area contributed by atoms with Crippen molar-refractivity contribution in [3.05, 3.63) is 138 Å². The molecule has 0 aliphatic heterocycles. The largest absolute Gasteiger partial charge is 0.497 e. The lowest BCUT2D eigenvalue weighted by Crippen LogP contribution is -2.34. The number of carbonyl (C=O) groups is 1. The molecule has 5 nitrogen and oxygen atoms in total. The number of methoxy groups -OCH3 is 1.